The fraction of sp³-hybridized carbons (Fsp3) is 0.643. The maximum Gasteiger partial charge on any atom is 0.234 e. The number of aliphatic hydroxyl groups is 1. The number of carbonyl (C=O) groups excluding carboxylic acids is 1. The molecule has 5 nitrogen and oxygen atoms in total. The quantitative estimate of drug-likeness (QED) is 0.817. The van der Waals surface area contributed by atoms with E-state index in [1.54, 1.807) is 11.3 Å². The summed E-state index contributed by atoms with van der Waals surface area (Å²) in [5.74, 6) is -0.0171. The number of hydrogen-bond acceptors (Lipinski definition) is 5. The second-order valence-electron chi connectivity index (χ2n) is 5.37. The maximum atomic E-state index is 11.8. The first kappa shape index (κ1) is 15.4. The molecule has 1 saturated heterocycles. The first-order chi connectivity index (χ1) is 9.57. The molecule has 0 aliphatic carbocycles. The van der Waals surface area contributed by atoms with Crippen LogP contribution in [0, 0.1) is 0 Å². The van der Waals surface area contributed by atoms with E-state index < -0.39 is 5.60 Å². The van der Waals surface area contributed by atoms with Gasteiger partial charge in [-0.15, -0.1) is 11.3 Å². The van der Waals surface area contributed by atoms with Crippen LogP contribution in [0.2, 0.25) is 0 Å². The summed E-state index contributed by atoms with van der Waals surface area (Å²) in [4.78, 5) is 14.9. The van der Waals surface area contributed by atoms with E-state index in [4.69, 9.17) is 4.74 Å². The predicted octanol–water partition coefficient (Wildman–Crippen LogP) is 0.838. The van der Waals surface area contributed by atoms with Crippen LogP contribution < -0.4 is 5.32 Å². The largest absolute Gasteiger partial charge is 0.388 e. The molecule has 112 valence electrons. The van der Waals surface area contributed by atoms with Crippen LogP contribution >= 0.6 is 11.3 Å². The third kappa shape index (κ3) is 4.86. The van der Waals surface area contributed by atoms with E-state index in [0.29, 0.717) is 45.7 Å². The summed E-state index contributed by atoms with van der Waals surface area (Å²) in [6.07, 6.45) is 1.27. The van der Waals surface area contributed by atoms with Gasteiger partial charge in [0.25, 0.3) is 0 Å². The molecule has 1 aromatic heterocycles. The highest BCUT2D eigenvalue weighted by atomic mass is 32.1. The zero-order chi connectivity index (χ0) is 14.4. The number of rotatable bonds is 6. The molecule has 1 fully saturated rings. The fourth-order valence-corrected chi connectivity index (χ4v) is 3.01. The van der Waals surface area contributed by atoms with Crippen molar-refractivity contribution in [2.75, 3.05) is 33.4 Å². The standard InChI is InChI=1S/C14H22N2O3S/c1-16(11-14(18)4-6-19-7-5-14)10-13(17)15-9-12-3-2-8-20-12/h2-3,8,18H,4-7,9-11H2,1H3,(H,15,17). The van der Waals surface area contributed by atoms with E-state index in [2.05, 4.69) is 5.32 Å². The van der Waals surface area contributed by atoms with Gasteiger partial charge in [0.05, 0.1) is 18.7 Å². The van der Waals surface area contributed by atoms with Crippen LogP contribution in [0.25, 0.3) is 0 Å². The van der Waals surface area contributed by atoms with E-state index >= 15 is 0 Å². The first-order valence-corrected chi connectivity index (χ1v) is 7.73. The van der Waals surface area contributed by atoms with E-state index in [1.165, 1.54) is 0 Å². The minimum Gasteiger partial charge on any atom is -0.388 e. The lowest BCUT2D eigenvalue weighted by Gasteiger charge is -2.35. The van der Waals surface area contributed by atoms with Gasteiger partial charge in [-0.25, -0.2) is 0 Å². The summed E-state index contributed by atoms with van der Waals surface area (Å²) in [6.45, 7) is 2.56. The second kappa shape index (κ2) is 7.17. The lowest BCUT2D eigenvalue weighted by molar-refractivity contribution is -0.123. The molecule has 2 N–H and O–H groups in total. The van der Waals surface area contributed by atoms with Crippen molar-refractivity contribution in [1.82, 2.24) is 10.2 Å². The van der Waals surface area contributed by atoms with Crippen LogP contribution in [0.1, 0.15) is 17.7 Å². The van der Waals surface area contributed by atoms with Crippen LogP contribution in [0.5, 0.6) is 0 Å². The average Bonchev–Trinajstić information content (AvgIpc) is 2.89. The Labute approximate surface area is 123 Å². The van der Waals surface area contributed by atoms with Crippen molar-refractivity contribution in [3.63, 3.8) is 0 Å². The molecule has 20 heavy (non-hydrogen) atoms. The number of thiophene rings is 1. The highest BCUT2D eigenvalue weighted by Crippen LogP contribution is 2.21. The summed E-state index contributed by atoms with van der Waals surface area (Å²) < 4.78 is 5.25. The lowest BCUT2D eigenvalue weighted by atomic mass is 9.94. The Kier molecular flexibility index (Phi) is 5.54. The van der Waals surface area contributed by atoms with Crippen molar-refractivity contribution < 1.29 is 14.6 Å². The van der Waals surface area contributed by atoms with Gasteiger partial charge < -0.3 is 15.2 Å². The molecule has 0 saturated carbocycles. The summed E-state index contributed by atoms with van der Waals surface area (Å²) in [5.41, 5.74) is -0.721. The Morgan fingerprint density at radius 2 is 2.30 bits per heavy atom. The molecule has 0 unspecified atom stereocenters. The minimum atomic E-state index is -0.721. The van der Waals surface area contributed by atoms with E-state index in [-0.39, 0.29) is 5.91 Å². The van der Waals surface area contributed by atoms with Crippen LogP contribution in [-0.4, -0.2) is 54.9 Å². The number of carbonyl (C=O) groups is 1. The fourth-order valence-electron chi connectivity index (χ4n) is 2.37. The van der Waals surface area contributed by atoms with Crippen molar-refractivity contribution in [1.29, 1.82) is 0 Å². The van der Waals surface area contributed by atoms with Crippen LogP contribution in [0.4, 0.5) is 0 Å². The average molecular weight is 298 g/mol. The molecule has 2 rings (SSSR count). The summed E-state index contributed by atoms with van der Waals surface area (Å²) in [7, 11) is 1.86. The number of ether oxygens (including phenoxy) is 1. The molecule has 0 aromatic carbocycles. The van der Waals surface area contributed by atoms with Crippen molar-refractivity contribution >= 4 is 17.2 Å². The van der Waals surface area contributed by atoms with E-state index in [9.17, 15) is 9.90 Å². The maximum absolute atomic E-state index is 11.8. The zero-order valence-electron chi connectivity index (χ0n) is 11.8. The topological polar surface area (TPSA) is 61.8 Å². The van der Waals surface area contributed by atoms with Gasteiger partial charge in [-0.2, -0.15) is 0 Å². The molecule has 1 aliphatic heterocycles. The molecule has 6 heteroatoms. The van der Waals surface area contributed by atoms with Crippen LogP contribution in [0.3, 0.4) is 0 Å². The number of amides is 1. The van der Waals surface area contributed by atoms with Crippen molar-refractivity contribution in [2.24, 2.45) is 0 Å². The van der Waals surface area contributed by atoms with Gasteiger partial charge in [-0.1, -0.05) is 6.07 Å². The molecular formula is C14H22N2O3S. The minimum absolute atomic E-state index is 0.0171. The molecule has 0 spiro atoms. The van der Waals surface area contributed by atoms with Crippen LogP contribution in [-0.2, 0) is 16.1 Å². The van der Waals surface area contributed by atoms with Gasteiger partial charge in [-0.05, 0) is 18.5 Å². The molecule has 0 radical (unpaired) electrons. The van der Waals surface area contributed by atoms with E-state index in [1.807, 2.05) is 29.5 Å². The highest BCUT2D eigenvalue weighted by Gasteiger charge is 2.31. The van der Waals surface area contributed by atoms with Gasteiger partial charge in [0.2, 0.25) is 5.91 Å². The summed E-state index contributed by atoms with van der Waals surface area (Å²) in [6, 6.07) is 3.97. The number of nitrogens with one attached hydrogen (secondary N) is 1. The SMILES string of the molecule is CN(CC(=O)NCc1cccs1)CC1(O)CCOCC1. The van der Waals surface area contributed by atoms with Crippen molar-refractivity contribution in [3.05, 3.63) is 22.4 Å². The molecule has 0 bridgehead atoms. The van der Waals surface area contributed by atoms with Crippen LogP contribution in [0.15, 0.2) is 17.5 Å². The Hall–Kier alpha value is -0.950. The smallest absolute Gasteiger partial charge is 0.234 e. The zero-order valence-corrected chi connectivity index (χ0v) is 12.6. The Morgan fingerprint density at radius 1 is 1.55 bits per heavy atom. The molecular weight excluding hydrogens is 276 g/mol. The lowest BCUT2D eigenvalue weighted by Crippen LogP contribution is -2.47. The van der Waals surface area contributed by atoms with Gasteiger partial charge in [0.1, 0.15) is 0 Å². The monoisotopic (exact) mass is 298 g/mol. The number of hydrogen-bond donors (Lipinski definition) is 2. The predicted molar refractivity (Wildman–Crippen MR) is 78.7 cm³/mol. The van der Waals surface area contributed by atoms with Gasteiger partial charge in [-0.3, -0.25) is 9.69 Å². The molecule has 2 heterocycles. The first-order valence-electron chi connectivity index (χ1n) is 6.85. The van der Waals surface area contributed by atoms with E-state index in [0.717, 1.165) is 4.88 Å². The third-order valence-corrected chi connectivity index (χ3v) is 4.32. The summed E-state index contributed by atoms with van der Waals surface area (Å²) >= 11 is 1.63. The van der Waals surface area contributed by atoms with Gasteiger partial charge >= 0.3 is 0 Å². The third-order valence-electron chi connectivity index (χ3n) is 3.44. The molecule has 1 amide bonds. The summed E-state index contributed by atoms with van der Waals surface area (Å²) in [5, 5.41) is 15.3. The Balaban J connectivity index is 1.70. The number of nitrogens with zero attached hydrogens (tertiary/aromatic N) is 1. The van der Waals surface area contributed by atoms with Gasteiger partial charge in [0.15, 0.2) is 0 Å². The number of likely N-dealkylation sites (N-methyl/N-ethyl adjacent to an activating group) is 1. The molecule has 1 aromatic rings. The van der Waals surface area contributed by atoms with Crippen molar-refractivity contribution in [2.45, 2.75) is 25.0 Å². The van der Waals surface area contributed by atoms with Gasteiger partial charge in [0, 0.05) is 37.5 Å². The molecule has 1 aliphatic rings. The normalized spacial score (nSPS) is 18.1. The second-order valence-corrected chi connectivity index (χ2v) is 6.40. The highest BCUT2D eigenvalue weighted by molar-refractivity contribution is 7.09. The van der Waals surface area contributed by atoms with Crippen molar-refractivity contribution in [3.8, 4) is 0 Å². The Bertz CT molecular complexity index is 416. The molecule has 0 atom stereocenters. The Morgan fingerprint density at radius 3 is 2.95 bits per heavy atom.